The molecule has 0 amide bonds. The summed E-state index contributed by atoms with van der Waals surface area (Å²) in [6.45, 7) is 8.96. The summed E-state index contributed by atoms with van der Waals surface area (Å²) in [7, 11) is 0. The van der Waals surface area contributed by atoms with Crippen molar-refractivity contribution in [1.29, 1.82) is 0 Å². The number of morpholine rings is 1. The van der Waals surface area contributed by atoms with Crippen molar-refractivity contribution in [3.63, 3.8) is 0 Å². The van der Waals surface area contributed by atoms with Crippen LogP contribution in [-0.4, -0.2) is 24.8 Å². The van der Waals surface area contributed by atoms with Crippen molar-refractivity contribution < 1.29 is 4.74 Å². The zero-order valence-corrected chi connectivity index (χ0v) is 10.4. The molecule has 1 heterocycles. The first-order valence-corrected chi connectivity index (χ1v) is 6.45. The molecule has 0 aromatic heterocycles. The minimum absolute atomic E-state index is 0.164. The molecule has 2 rings (SSSR count). The zero-order valence-electron chi connectivity index (χ0n) is 10.4. The van der Waals surface area contributed by atoms with Crippen LogP contribution in [0.3, 0.4) is 0 Å². The van der Waals surface area contributed by atoms with Crippen molar-refractivity contribution >= 4 is 0 Å². The Morgan fingerprint density at radius 3 is 2.73 bits per heavy atom. The molecule has 2 unspecified atom stereocenters. The van der Waals surface area contributed by atoms with E-state index in [9.17, 15) is 0 Å². The van der Waals surface area contributed by atoms with E-state index >= 15 is 0 Å². The molecule has 1 spiro atoms. The van der Waals surface area contributed by atoms with Gasteiger partial charge in [0, 0.05) is 12.6 Å². The molecule has 0 radical (unpaired) electrons. The number of rotatable bonds is 2. The smallest absolute Gasteiger partial charge is 0.0840 e. The first kappa shape index (κ1) is 11.4. The highest BCUT2D eigenvalue weighted by atomic mass is 16.5. The highest BCUT2D eigenvalue weighted by molar-refractivity contribution is 5.04. The Kier molecular flexibility index (Phi) is 3.09. The van der Waals surface area contributed by atoms with Gasteiger partial charge in [-0.1, -0.05) is 27.2 Å². The van der Waals surface area contributed by atoms with Crippen molar-refractivity contribution in [2.24, 2.45) is 5.41 Å². The lowest BCUT2D eigenvalue weighted by atomic mass is 9.83. The Hall–Kier alpha value is -0.0800. The van der Waals surface area contributed by atoms with Crippen LogP contribution < -0.4 is 5.32 Å². The third-order valence-corrected chi connectivity index (χ3v) is 4.10. The maximum atomic E-state index is 6.16. The first-order valence-electron chi connectivity index (χ1n) is 6.45. The second-order valence-corrected chi connectivity index (χ2v) is 6.05. The molecule has 0 aromatic carbocycles. The summed E-state index contributed by atoms with van der Waals surface area (Å²) in [6, 6.07) is 0.595. The molecular formula is C13H25NO. The van der Waals surface area contributed by atoms with Crippen LogP contribution in [0, 0.1) is 5.41 Å². The van der Waals surface area contributed by atoms with Crippen molar-refractivity contribution in [3.05, 3.63) is 0 Å². The van der Waals surface area contributed by atoms with E-state index in [1.165, 1.54) is 32.1 Å². The van der Waals surface area contributed by atoms with Crippen molar-refractivity contribution in [2.45, 2.75) is 64.5 Å². The summed E-state index contributed by atoms with van der Waals surface area (Å²) in [5.74, 6) is 0. The molecule has 1 N–H and O–H groups in total. The fourth-order valence-electron chi connectivity index (χ4n) is 3.39. The highest BCUT2D eigenvalue weighted by Crippen LogP contribution is 2.48. The maximum absolute atomic E-state index is 6.16. The summed E-state index contributed by atoms with van der Waals surface area (Å²) in [5, 5.41) is 3.67. The SMILES string of the molecule is CCCC1NCCOC12CCC(C)(C)C2. The molecule has 2 aliphatic rings. The van der Waals surface area contributed by atoms with Crippen LogP contribution in [0.2, 0.25) is 0 Å². The second-order valence-electron chi connectivity index (χ2n) is 6.05. The normalized spacial score (nSPS) is 39.8. The Labute approximate surface area is 93.8 Å². The second kappa shape index (κ2) is 4.06. The van der Waals surface area contributed by atoms with Gasteiger partial charge in [0.05, 0.1) is 12.2 Å². The molecule has 1 saturated carbocycles. The monoisotopic (exact) mass is 211 g/mol. The van der Waals surface area contributed by atoms with E-state index in [0.717, 1.165) is 13.2 Å². The van der Waals surface area contributed by atoms with Crippen LogP contribution in [0.25, 0.3) is 0 Å². The Bertz CT molecular complexity index is 225. The number of hydrogen-bond acceptors (Lipinski definition) is 2. The van der Waals surface area contributed by atoms with Gasteiger partial charge >= 0.3 is 0 Å². The molecule has 88 valence electrons. The molecule has 0 bridgehead atoms. The van der Waals surface area contributed by atoms with Crippen LogP contribution in [0.15, 0.2) is 0 Å². The molecule has 2 fully saturated rings. The van der Waals surface area contributed by atoms with Crippen LogP contribution in [-0.2, 0) is 4.74 Å². The zero-order chi connectivity index (χ0) is 10.9. The van der Waals surface area contributed by atoms with E-state index in [0.29, 0.717) is 11.5 Å². The van der Waals surface area contributed by atoms with E-state index in [4.69, 9.17) is 4.74 Å². The predicted octanol–water partition coefficient (Wildman–Crippen LogP) is 2.72. The van der Waals surface area contributed by atoms with E-state index in [2.05, 4.69) is 26.1 Å². The standard InChI is InChI=1S/C13H25NO/c1-4-5-11-13(15-9-8-14-11)7-6-12(2,3)10-13/h11,14H,4-10H2,1-3H3. The Balaban J connectivity index is 2.10. The number of nitrogens with one attached hydrogen (secondary N) is 1. The van der Waals surface area contributed by atoms with E-state index in [1.807, 2.05) is 0 Å². The van der Waals surface area contributed by atoms with Gasteiger partial charge < -0.3 is 10.1 Å². The summed E-state index contributed by atoms with van der Waals surface area (Å²) >= 11 is 0. The third kappa shape index (κ3) is 2.21. The number of hydrogen-bond donors (Lipinski definition) is 1. The lowest BCUT2D eigenvalue weighted by Gasteiger charge is -2.43. The third-order valence-electron chi connectivity index (χ3n) is 4.10. The molecule has 2 nitrogen and oxygen atoms in total. The minimum Gasteiger partial charge on any atom is -0.372 e. The summed E-state index contributed by atoms with van der Waals surface area (Å²) in [5.41, 5.74) is 0.642. The van der Waals surface area contributed by atoms with Crippen LogP contribution in [0.1, 0.15) is 52.9 Å². The summed E-state index contributed by atoms with van der Waals surface area (Å²) < 4.78 is 6.16. The molecule has 15 heavy (non-hydrogen) atoms. The predicted molar refractivity (Wildman–Crippen MR) is 63.0 cm³/mol. The summed E-state index contributed by atoms with van der Waals surface area (Å²) in [4.78, 5) is 0. The van der Waals surface area contributed by atoms with Crippen LogP contribution in [0.4, 0.5) is 0 Å². The average molecular weight is 211 g/mol. The van der Waals surface area contributed by atoms with Gasteiger partial charge in [-0.05, 0) is 31.1 Å². The topological polar surface area (TPSA) is 21.3 Å². The van der Waals surface area contributed by atoms with Gasteiger partial charge in [0.2, 0.25) is 0 Å². The summed E-state index contributed by atoms with van der Waals surface area (Å²) in [6.07, 6.45) is 6.31. The van der Waals surface area contributed by atoms with Crippen molar-refractivity contribution in [3.8, 4) is 0 Å². The number of ether oxygens (including phenoxy) is 1. The van der Waals surface area contributed by atoms with E-state index in [-0.39, 0.29) is 5.60 Å². The molecule has 1 aliphatic carbocycles. The average Bonchev–Trinajstić information content (AvgIpc) is 2.48. The molecule has 2 atom stereocenters. The molecule has 0 aromatic rings. The van der Waals surface area contributed by atoms with Gasteiger partial charge in [-0.25, -0.2) is 0 Å². The van der Waals surface area contributed by atoms with Gasteiger partial charge in [0.1, 0.15) is 0 Å². The molecule has 2 heteroatoms. The molecular weight excluding hydrogens is 186 g/mol. The van der Waals surface area contributed by atoms with Gasteiger partial charge in [-0.15, -0.1) is 0 Å². The lowest BCUT2D eigenvalue weighted by Crippen LogP contribution is -2.57. The first-order chi connectivity index (χ1) is 7.08. The van der Waals surface area contributed by atoms with Gasteiger partial charge in [0.15, 0.2) is 0 Å². The minimum atomic E-state index is 0.164. The molecule has 1 aliphatic heterocycles. The fourth-order valence-corrected chi connectivity index (χ4v) is 3.39. The fraction of sp³-hybridized carbons (Fsp3) is 1.00. The molecule has 1 saturated heterocycles. The van der Waals surface area contributed by atoms with Gasteiger partial charge in [-0.2, -0.15) is 0 Å². The van der Waals surface area contributed by atoms with Crippen LogP contribution in [0.5, 0.6) is 0 Å². The van der Waals surface area contributed by atoms with Crippen LogP contribution >= 0.6 is 0 Å². The van der Waals surface area contributed by atoms with Crippen molar-refractivity contribution in [1.82, 2.24) is 5.32 Å². The van der Waals surface area contributed by atoms with Gasteiger partial charge in [-0.3, -0.25) is 0 Å². The lowest BCUT2D eigenvalue weighted by molar-refractivity contribution is -0.0989. The maximum Gasteiger partial charge on any atom is 0.0840 e. The Morgan fingerprint density at radius 2 is 2.13 bits per heavy atom. The van der Waals surface area contributed by atoms with Gasteiger partial charge in [0.25, 0.3) is 0 Å². The Morgan fingerprint density at radius 1 is 1.33 bits per heavy atom. The van der Waals surface area contributed by atoms with E-state index in [1.54, 1.807) is 0 Å². The van der Waals surface area contributed by atoms with E-state index < -0.39 is 0 Å². The largest absolute Gasteiger partial charge is 0.372 e. The quantitative estimate of drug-likeness (QED) is 0.758. The van der Waals surface area contributed by atoms with Crippen molar-refractivity contribution in [2.75, 3.05) is 13.2 Å². The highest BCUT2D eigenvalue weighted by Gasteiger charge is 2.49.